The first-order valence-corrected chi connectivity index (χ1v) is 18.0. The molecule has 8 nitrogen and oxygen atoms in total. The predicted octanol–water partition coefficient (Wildman–Crippen LogP) is 5.27. The summed E-state index contributed by atoms with van der Waals surface area (Å²) in [6, 6.07) is 22.1. The molecule has 1 atom stereocenters. The third-order valence-electron chi connectivity index (χ3n) is 9.31. The van der Waals surface area contributed by atoms with Crippen molar-refractivity contribution in [2.24, 2.45) is 5.92 Å². The van der Waals surface area contributed by atoms with Gasteiger partial charge in [-0.15, -0.1) is 0 Å². The summed E-state index contributed by atoms with van der Waals surface area (Å²) in [5.41, 5.74) is 3.31. The van der Waals surface area contributed by atoms with Crippen LogP contribution in [-0.2, 0) is 21.4 Å². The van der Waals surface area contributed by atoms with Gasteiger partial charge in [0, 0.05) is 57.4 Å². The highest BCUT2D eigenvalue weighted by Gasteiger charge is 2.42. The number of nitrogens with one attached hydrogen (secondary N) is 1. The molecule has 3 aromatic carbocycles. The Morgan fingerprint density at radius 3 is 2.13 bits per heavy atom. The Bertz CT molecular complexity index is 1520. The predicted molar refractivity (Wildman–Crippen MR) is 178 cm³/mol. The Morgan fingerprint density at radius 2 is 1.47 bits per heavy atom. The van der Waals surface area contributed by atoms with E-state index >= 15 is 0 Å². The fourth-order valence-corrected chi connectivity index (χ4v) is 8.36. The number of benzene rings is 3. The van der Waals surface area contributed by atoms with E-state index in [9.17, 15) is 13.2 Å². The topological polar surface area (TPSA) is 82.2 Å². The molecule has 3 fully saturated rings. The van der Waals surface area contributed by atoms with Gasteiger partial charge >= 0.3 is 0 Å². The normalized spacial score (nSPS) is 20.6. The van der Waals surface area contributed by atoms with Gasteiger partial charge in [-0.1, -0.05) is 67.3 Å². The lowest BCUT2D eigenvalue weighted by Crippen LogP contribution is -2.62. The van der Waals surface area contributed by atoms with Gasteiger partial charge in [0.2, 0.25) is 15.9 Å². The summed E-state index contributed by atoms with van der Waals surface area (Å²) in [6.07, 6.45) is 6.19. The molecule has 2 saturated heterocycles. The van der Waals surface area contributed by atoms with E-state index in [1.807, 2.05) is 24.3 Å². The Hall–Kier alpha value is -2.95. The summed E-state index contributed by atoms with van der Waals surface area (Å²) in [4.78, 5) is 18.1. The van der Waals surface area contributed by atoms with Gasteiger partial charge in [0.25, 0.3) is 0 Å². The fourth-order valence-electron chi connectivity index (χ4n) is 6.67. The van der Waals surface area contributed by atoms with Crippen LogP contribution >= 0.6 is 11.6 Å². The Kier molecular flexibility index (Phi) is 10.4. The lowest BCUT2D eigenvalue weighted by atomic mass is 9.90. The van der Waals surface area contributed by atoms with E-state index in [-0.39, 0.29) is 17.3 Å². The first kappa shape index (κ1) is 32.0. The van der Waals surface area contributed by atoms with Crippen LogP contribution in [0.15, 0.2) is 77.7 Å². The molecule has 1 N–H and O–H groups in total. The number of hydrogen-bond donors (Lipinski definition) is 1. The third-order valence-corrected chi connectivity index (χ3v) is 11.5. The number of carbonyl (C=O) groups is 1. The Morgan fingerprint density at radius 1 is 0.822 bits per heavy atom. The summed E-state index contributed by atoms with van der Waals surface area (Å²) in [5.74, 6) is 1.12. The average molecular weight is 651 g/mol. The smallest absolute Gasteiger partial charge is 0.243 e. The zero-order chi connectivity index (χ0) is 31.2. The first-order chi connectivity index (χ1) is 21.9. The zero-order valence-electron chi connectivity index (χ0n) is 25.7. The lowest BCUT2D eigenvalue weighted by Gasteiger charge is -2.42. The van der Waals surface area contributed by atoms with E-state index in [0.717, 1.165) is 16.7 Å². The summed E-state index contributed by atoms with van der Waals surface area (Å²) >= 11 is 6.05. The number of halogens is 1. The van der Waals surface area contributed by atoms with Gasteiger partial charge in [-0.3, -0.25) is 9.69 Å². The molecule has 2 aliphatic heterocycles. The number of ether oxygens (including phenoxy) is 1. The molecule has 1 saturated carbocycles. The van der Waals surface area contributed by atoms with E-state index in [1.54, 1.807) is 29.2 Å². The first-order valence-electron chi connectivity index (χ1n) is 16.2. The number of hydrogen-bond acceptors (Lipinski definition) is 6. The van der Waals surface area contributed by atoms with Crippen molar-refractivity contribution in [1.82, 2.24) is 19.4 Å². The van der Waals surface area contributed by atoms with Gasteiger partial charge in [0.15, 0.2) is 0 Å². The summed E-state index contributed by atoms with van der Waals surface area (Å²) in [7, 11) is -3.90. The quantitative estimate of drug-likeness (QED) is 0.340. The molecule has 0 radical (unpaired) electrons. The molecule has 240 valence electrons. The summed E-state index contributed by atoms with van der Waals surface area (Å²) in [6.45, 7) is 4.97. The molecule has 3 aromatic rings. The van der Waals surface area contributed by atoms with Crippen molar-refractivity contribution in [3.8, 4) is 16.9 Å². The van der Waals surface area contributed by atoms with Gasteiger partial charge in [0.1, 0.15) is 11.8 Å². The van der Waals surface area contributed by atoms with Gasteiger partial charge < -0.3 is 15.0 Å². The molecule has 6 rings (SSSR count). The van der Waals surface area contributed by atoms with Crippen LogP contribution in [0.5, 0.6) is 5.75 Å². The second kappa shape index (κ2) is 14.6. The van der Waals surface area contributed by atoms with E-state index in [1.165, 1.54) is 36.4 Å². The van der Waals surface area contributed by atoms with Crippen LogP contribution in [-0.4, -0.2) is 86.9 Å². The van der Waals surface area contributed by atoms with E-state index in [0.29, 0.717) is 69.1 Å². The molecular weight excluding hydrogens is 608 g/mol. The number of sulfonamides is 1. The molecule has 10 heteroatoms. The van der Waals surface area contributed by atoms with E-state index < -0.39 is 16.1 Å². The van der Waals surface area contributed by atoms with Crippen molar-refractivity contribution in [2.45, 2.75) is 49.6 Å². The van der Waals surface area contributed by atoms with Crippen molar-refractivity contribution >= 4 is 27.5 Å². The average Bonchev–Trinajstić information content (AvgIpc) is 3.09. The number of amides is 1. The largest absolute Gasteiger partial charge is 0.493 e. The van der Waals surface area contributed by atoms with E-state index in [4.69, 9.17) is 16.3 Å². The number of piperazine rings is 2. The van der Waals surface area contributed by atoms with Gasteiger partial charge in [-0.25, -0.2) is 8.42 Å². The Balaban J connectivity index is 1.15. The molecule has 2 heterocycles. The maximum absolute atomic E-state index is 14.0. The highest BCUT2D eigenvalue weighted by Crippen LogP contribution is 2.28. The monoisotopic (exact) mass is 650 g/mol. The Labute approximate surface area is 272 Å². The second-order valence-electron chi connectivity index (χ2n) is 12.4. The molecule has 1 amide bonds. The van der Waals surface area contributed by atoms with Crippen LogP contribution in [0, 0.1) is 5.92 Å². The van der Waals surface area contributed by atoms with Crippen LogP contribution in [0.3, 0.4) is 0 Å². The van der Waals surface area contributed by atoms with Crippen LogP contribution in [0.25, 0.3) is 11.1 Å². The van der Waals surface area contributed by atoms with Gasteiger partial charge in [-0.2, -0.15) is 4.31 Å². The molecule has 3 aliphatic rings. The van der Waals surface area contributed by atoms with Crippen molar-refractivity contribution < 1.29 is 17.9 Å². The molecule has 1 aliphatic carbocycles. The SMILES string of the molecule is O=C([C@H]1CN(Cc2ccc(-c3ccc(Cl)cc3)cc2)CCN1S(=O)(=O)c1ccc(OCC2CCCCC2)cc1)N1CCNCC1. The molecule has 0 spiro atoms. The maximum Gasteiger partial charge on any atom is 0.243 e. The molecule has 0 aromatic heterocycles. The zero-order valence-corrected chi connectivity index (χ0v) is 27.3. The van der Waals surface area contributed by atoms with Gasteiger partial charge in [-0.05, 0) is 71.8 Å². The van der Waals surface area contributed by atoms with Crippen molar-refractivity contribution in [1.29, 1.82) is 0 Å². The maximum atomic E-state index is 14.0. The van der Waals surface area contributed by atoms with E-state index in [2.05, 4.69) is 34.5 Å². The molecule has 45 heavy (non-hydrogen) atoms. The number of rotatable bonds is 9. The van der Waals surface area contributed by atoms with Crippen LogP contribution in [0.4, 0.5) is 0 Å². The highest BCUT2D eigenvalue weighted by molar-refractivity contribution is 7.89. The molecule has 0 bridgehead atoms. The summed E-state index contributed by atoms with van der Waals surface area (Å²) in [5, 5.41) is 3.99. The number of nitrogens with zero attached hydrogens (tertiary/aromatic N) is 3. The molecular formula is C35H43ClN4O4S. The van der Waals surface area contributed by atoms with Crippen LogP contribution < -0.4 is 10.1 Å². The molecule has 0 unspecified atom stereocenters. The van der Waals surface area contributed by atoms with Crippen molar-refractivity contribution in [2.75, 3.05) is 52.4 Å². The number of carbonyl (C=O) groups excluding carboxylic acids is 1. The third kappa shape index (κ3) is 7.89. The van der Waals surface area contributed by atoms with Crippen LogP contribution in [0.1, 0.15) is 37.7 Å². The van der Waals surface area contributed by atoms with Crippen LogP contribution in [0.2, 0.25) is 5.02 Å². The minimum atomic E-state index is -3.90. The van der Waals surface area contributed by atoms with Gasteiger partial charge in [0.05, 0.1) is 11.5 Å². The fraction of sp³-hybridized carbons (Fsp3) is 0.457. The van der Waals surface area contributed by atoms with Crippen molar-refractivity contribution in [3.05, 3.63) is 83.4 Å². The standard InChI is InChI=1S/C35H43ClN4O4S/c36-31-12-10-30(11-13-31)29-8-6-27(7-9-29)24-38-22-23-40(34(25-38)35(41)39-20-18-37-19-21-39)45(42,43)33-16-14-32(15-17-33)44-26-28-4-2-1-3-5-28/h6-17,28,34,37H,1-5,18-26H2/t34-/m1/s1. The lowest BCUT2D eigenvalue weighted by molar-refractivity contribution is -0.137. The summed E-state index contributed by atoms with van der Waals surface area (Å²) < 4.78 is 35.5. The minimum absolute atomic E-state index is 0.129. The highest BCUT2D eigenvalue weighted by atomic mass is 35.5. The second-order valence-corrected chi connectivity index (χ2v) is 14.8. The van der Waals surface area contributed by atoms with Crippen molar-refractivity contribution in [3.63, 3.8) is 0 Å². The minimum Gasteiger partial charge on any atom is -0.493 e.